The minimum absolute atomic E-state index is 0.0126. The maximum absolute atomic E-state index is 12.7. The standard InChI is InChI=1S/C9H8F7NO3S2/c10-5-1-2-6(21-5)22(19,20)17-4(3-18)7(8(11,12)13)9(14,15)16/h1-2,4,7,17-18H,3H2/t4-/m1/s1. The lowest BCUT2D eigenvalue weighted by Crippen LogP contribution is -2.54. The summed E-state index contributed by atoms with van der Waals surface area (Å²) in [5.41, 5.74) is 0. The molecule has 0 aliphatic rings. The van der Waals surface area contributed by atoms with E-state index in [2.05, 4.69) is 0 Å². The normalized spacial score (nSPS) is 15.3. The van der Waals surface area contributed by atoms with Gasteiger partial charge in [-0.25, -0.2) is 13.1 Å². The molecule has 0 unspecified atom stereocenters. The molecule has 0 bridgehead atoms. The highest BCUT2D eigenvalue weighted by Gasteiger charge is 2.60. The second kappa shape index (κ2) is 6.29. The first-order valence-corrected chi connectivity index (χ1v) is 7.61. The number of hydrogen-bond donors (Lipinski definition) is 2. The van der Waals surface area contributed by atoms with Gasteiger partial charge in [0.1, 0.15) is 4.21 Å². The van der Waals surface area contributed by atoms with E-state index in [-0.39, 0.29) is 11.3 Å². The maximum atomic E-state index is 12.7. The van der Waals surface area contributed by atoms with Crippen LogP contribution >= 0.6 is 11.3 Å². The van der Waals surface area contributed by atoms with Crippen molar-refractivity contribution in [1.29, 1.82) is 0 Å². The van der Waals surface area contributed by atoms with Gasteiger partial charge < -0.3 is 5.11 Å². The molecule has 0 fully saturated rings. The Labute approximate surface area is 123 Å². The summed E-state index contributed by atoms with van der Waals surface area (Å²) in [4.78, 5) is 0. The van der Waals surface area contributed by atoms with Gasteiger partial charge in [0.2, 0.25) is 10.0 Å². The first-order chi connectivity index (χ1) is 9.79. The van der Waals surface area contributed by atoms with E-state index in [9.17, 15) is 39.2 Å². The number of aliphatic hydroxyl groups excluding tert-OH is 1. The van der Waals surface area contributed by atoms with Crippen molar-refractivity contribution in [3.8, 4) is 0 Å². The Hall–Kier alpha value is -0.920. The summed E-state index contributed by atoms with van der Waals surface area (Å²) in [6.45, 7) is -1.75. The molecule has 0 spiro atoms. The SMILES string of the molecule is O=S(=O)(N[C@H](CO)C(C(F)(F)F)C(F)(F)F)c1ccc(F)s1. The molecule has 2 N–H and O–H groups in total. The van der Waals surface area contributed by atoms with Crippen molar-refractivity contribution >= 4 is 21.4 Å². The number of rotatable bonds is 5. The molecule has 1 aromatic heterocycles. The van der Waals surface area contributed by atoms with Crippen molar-refractivity contribution in [2.75, 3.05) is 6.61 Å². The van der Waals surface area contributed by atoms with Gasteiger partial charge in [-0.1, -0.05) is 11.3 Å². The van der Waals surface area contributed by atoms with Crippen LogP contribution in [0.1, 0.15) is 0 Å². The third kappa shape index (κ3) is 4.54. The molecule has 0 radical (unpaired) electrons. The van der Waals surface area contributed by atoms with Crippen molar-refractivity contribution in [3.05, 3.63) is 17.3 Å². The number of halogens is 7. The van der Waals surface area contributed by atoms with E-state index in [1.54, 1.807) is 0 Å². The fourth-order valence-corrected chi connectivity index (χ4v) is 3.81. The second-order valence-corrected chi connectivity index (χ2v) is 7.00. The van der Waals surface area contributed by atoms with Crippen molar-refractivity contribution in [1.82, 2.24) is 4.72 Å². The largest absolute Gasteiger partial charge is 0.402 e. The predicted molar refractivity (Wildman–Crippen MR) is 61.1 cm³/mol. The Morgan fingerprint density at radius 2 is 1.64 bits per heavy atom. The van der Waals surface area contributed by atoms with Crippen LogP contribution in [0.15, 0.2) is 16.3 Å². The van der Waals surface area contributed by atoms with Gasteiger partial charge in [0.25, 0.3) is 0 Å². The molecule has 0 aromatic carbocycles. The van der Waals surface area contributed by atoms with Crippen LogP contribution in [0.2, 0.25) is 0 Å². The van der Waals surface area contributed by atoms with Crippen molar-refractivity contribution in [3.63, 3.8) is 0 Å². The van der Waals surface area contributed by atoms with Gasteiger partial charge in [-0.05, 0) is 12.1 Å². The molecule has 1 aromatic rings. The third-order valence-corrected chi connectivity index (χ3v) is 5.28. The Morgan fingerprint density at radius 3 is 1.95 bits per heavy atom. The van der Waals surface area contributed by atoms with Crippen LogP contribution < -0.4 is 4.72 Å². The molecular formula is C9H8F7NO3S2. The summed E-state index contributed by atoms with van der Waals surface area (Å²) in [5, 5.41) is 7.74. The van der Waals surface area contributed by atoms with Gasteiger partial charge in [0, 0.05) is 0 Å². The smallest absolute Gasteiger partial charge is 0.395 e. The minimum atomic E-state index is -5.84. The Morgan fingerprint density at radius 1 is 1.14 bits per heavy atom. The first kappa shape index (κ1) is 19.1. The molecule has 1 heterocycles. The van der Waals surface area contributed by atoms with Crippen LogP contribution in [-0.4, -0.2) is 38.5 Å². The number of sulfonamides is 1. The molecule has 0 aliphatic heterocycles. The number of nitrogens with one attached hydrogen (secondary N) is 1. The summed E-state index contributed by atoms with van der Waals surface area (Å²) in [5.74, 6) is -4.11. The molecule has 4 nitrogen and oxygen atoms in total. The van der Waals surface area contributed by atoms with Crippen LogP contribution in [0, 0.1) is 11.0 Å². The summed E-state index contributed by atoms with van der Waals surface area (Å²) in [6, 6.07) is -1.54. The van der Waals surface area contributed by atoms with Crippen LogP contribution in [0.5, 0.6) is 0 Å². The molecule has 1 rings (SSSR count). The van der Waals surface area contributed by atoms with E-state index < -0.39 is 50.3 Å². The Kier molecular flexibility index (Phi) is 5.47. The summed E-state index contributed by atoms with van der Waals surface area (Å²) in [6.07, 6.45) is -11.7. The lowest BCUT2D eigenvalue weighted by atomic mass is 10.00. The van der Waals surface area contributed by atoms with Gasteiger partial charge >= 0.3 is 12.4 Å². The van der Waals surface area contributed by atoms with Crippen molar-refractivity contribution < 1.29 is 44.3 Å². The highest BCUT2D eigenvalue weighted by atomic mass is 32.2. The highest BCUT2D eigenvalue weighted by Crippen LogP contribution is 2.41. The van der Waals surface area contributed by atoms with E-state index >= 15 is 0 Å². The number of thiophene rings is 1. The topological polar surface area (TPSA) is 66.4 Å². The zero-order chi connectivity index (χ0) is 17.3. The minimum Gasteiger partial charge on any atom is -0.395 e. The van der Waals surface area contributed by atoms with E-state index in [0.717, 1.165) is 4.72 Å². The van der Waals surface area contributed by atoms with E-state index in [4.69, 9.17) is 5.11 Å². The monoisotopic (exact) mass is 375 g/mol. The Bertz CT molecular complexity index is 593. The Balaban J connectivity index is 3.15. The second-order valence-electron chi connectivity index (χ2n) is 4.03. The lowest BCUT2D eigenvalue weighted by Gasteiger charge is -2.29. The van der Waals surface area contributed by atoms with Crippen LogP contribution in [-0.2, 0) is 10.0 Å². The van der Waals surface area contributed by atoms with E-state index in [1.807, 2.05) is 0 Å². The van der Waals surface area contributed by atoms with Gasteiger partial charge in [-0.2, -0.15) is 30.7 Å². The fraction of sp³-hybridized carbons (Fsp3) is 0.556. The molecule has 0 aliphatic carbocycles. The van der Waals surface area contributed by atoms with E-state index in [0.29, 0.717) is 12.1 Å². The van der Waals surface area contributed by atoms with Gasteiger partial charge in [-0.3, -0.25) is 0 Å². The number of aliphatic hydroxyl groups is 1. The quantitative estimate of drug-likeness (QED) is 0.776. The zero-order valence-electron chi connectivity index (χ0n) is 10.2. The van der Waals surface area contributed by atoms with E-state index in [1.165, 1.54) is 0 Å². The summed E-state index contributed by atoms with van der Waals surface area (Å²) >= 11 is 0.0126. The maximum Gasteiger partial charge on any atom is 0.402 e. The number of hydrogen-bond acceptors (Lipinski definition) is 4. The molecular weight excluding hydrogens is 367 g/mol. The molecule has 0 saturated heterocycles. The highest BCUT2D eigenvalue weighted by molar-refractivity contribution is 7.91. The van der Waals surface area contributed by atoms with Crippen molar-refractivity contribution in [2.24, 2.45) is 5.92 Å². The molecule has 128 valence electrons. The fourth-order valence-electron chi connectivity index (χ4n) is 1.55. The average molecular weight is 375 g/mol. The molecule has 0 saturated carbocycles. The molecule has 0 amide bonds. The molecule has 1 atom stereocenters. The molecule has 22 heavy (non-hydrogen) atoms. The average Bonchev–Trinajstić information content (AvgIpc) is 2.71. The zero-order valence-corrected chi connectivity index (χ0v) is 11.9. The predicted octanol–water partition coefficient (Wildman–Crippen LogP) is 2.27. The summed E-state index contributed by atoms with van der Waals surface area (Å²) in [7, 11) is -4.85. The van der Waals surface area contributed by atoms with Crippen LogP contribution in [0.4, 0.5) is 30.7 Å². The van der Waals surface area contributed by atoms with Crippen LogP contribution in [0.3, 0.4) is 0 Å². The lowest BCUT2D eigenvalue weighted by molar-refractivity contribution is -0.292. The third-order valence-electron chi connectivity index (χ3n) is 2.42. The molecule has 13 heteroatoms. The summed E-state index contributed by atoms with van der Waals surface area (Å²) < 4.78 is 111. The first-order valence-electron chi connectivity index (χ1n) is 5.31. The van der Waals surface area contributed by atoms with Crippen molar-refractivity contribution in [2.45, 2.75) is 22.6 Å². The van der Waals surface area contributed by atoms with Gasteiger partial charge in [0.15, 0.2) is 11.0 Å². The van der Waals surface area contributed by atoms with Crippen LogP contribution in [0.25, 0.3) is 0 Å². The van der Waals surface area contributed by atoms with Gasteiger partial charge in [0.05, 0.1) is 12.6 Å². The number of alkyl halides is 6. The van der Waals surface area contributed by atoms with Gasteiger partial charge in [-0.15, -0.1) is 0 Å².